The van der Waals surface area contributed by atoms with E-state index in [1.165, 1.54) is 6.07 Å². The van der Waals surface area contributed by atoms with Crippen molar-refractivity contribution in [1.29, 1.82) is 0 Å². The third kappa shape index (κ3) is 4.17. The Balaban J connectivity index is 1.23. The first kappa shape index (κ1) is 18.5. The largest absolute Gasteiger partial charge is 0.489 e. The molecule has 0 atom stereocenters. The highest BCUT2D eigenvalue weighted by atomic mass is 19.1. The third-order valence-corrected chi connectivity index (χ3v) is 5.24. The van der Waals surface area contributed by atoms with Gasteiger partial charge in [0.1, 0.15) is 6.61 Å². The zero-order valence-electron chi connectivity index (χ0n) is 15.7. The second kappa shape index (κ2) is 8.44. The van der Waals surface area contributed by atoms with Crippen molar-refractivity contribution in [3.8, 4) is 5.75 Å². The van der Waals surface area contributed by atoms with Gasteiger partial charge in [-0.2, -0.15) is 0 Å². The van der Waals surface area contributed by atoms with Crippen LogP contribution in [0.1, 0.15) is 5.56 Å². The molecule has 6 heteroatoms. The van der Waals surface area contributed by atoms with Crippen molar-refractivity contribution in [1.82, 2.24) is 14.8 Å². The predicted molar refractivity (Wildman–Crippen MR) is 107 cm³/mol. The molecule has 1 aromatic heterocycles. The number of fused-ring (bicyclic) bond motifs is 1. The topological polar surface area (TPSA) is 48.6 Å². The lowest BCUT2D eigenvalue weighted by Gasteiger charge is -2.34. The number of ether oxygens (including phenoxy) is 1. The van der Waals surface area contributed by atoms with Crippen LogP contribution in [0.15, 0.2) is 54.7 Å². The van der Waals surface area contributed by atoms with E-state index in [1.807, 2.05) is 35.4 Å². The van der Waals surface area contributed by atoms with Gasteiger partial charge in [0.15, 0.2) is 11.6 Å². The fourth-order valence-corrected chi connectivity index (χ4v) is 3.62. The highest BCUT2D eigenvalue weighted by Crippen LogP contribution is 2.19. The fraction of sp³-hybridized carbons (Fsp3) is 0.318. The zero-order valence-corrected chi connectivity index (χ0v) is 15.7. The number of rotatable bonds is 6. The third-order valence-electron chi connectivity index (χ3n) is 5.24. The summed E-state index contributed by atoms with van der Waals surface area (Å²) in [5, 5.41) is 1.11. The van der Waals surface area contributed by atoms with Gasteiger partial charge in [0.2, 0.25) is 5.91 Å². The van der Waals surface area contributed by atoms with Crippen LogP contribution in [-0.4, -0.2) is 60.0 Å². The van der Waals surface area contributed by atoms with Gasteiger partial charge in [-0.25, -0.2) is 4.39 Å². The Kier molecular flexibility index (Phi) is 5.58. The molecular formula is C22H24FN3O2. The van der Waals surface area contributed by atoms with Crippen molar-refractivity contribution in [3.63, 3.8) is 0 Å². The molecule has 1 N–H and O–H groups in total. The highest BCUT2D eigenvalue weighted by molar-refractivity contribution is 5.88. The lowest BCUT2D eigenvalue weighted by atomic mass is 10.1. The van der Waals surface area contributed by atoms with Crippen LogP contribution < -0.4 is 4.74 Å². The summed E-state index contributed by atoms with van der Waals surface area (Å²) in [5.74, 6) is 0.109. The number of para-hydroxylation sites is 2. The molecule has 3 aromatic rings. The van der Waals surface area contributed by atoms with Gasteiger partial charge in [-0.05, 0) is 23.8 Å². The number of amides is 1. The molecule has 2 aromatic carbocycles. The Hall–Kier alpha value is -2.86. The average molecular weight is 381 g/mol. The van der Waals surface area contributed by atoms with Crippen molar-refractivity contribution in [3.05, 3.63) is 66.1 Å². The van der Waals surface area contributed by atoms with Crippen LogP contribution in [-0.2, 0) is 11.2 Å². The number of nitrogens with zero attached hydrogens (tertiary/aromatic N) is 2. The predicted octanol–water partition coefficient (Wildman–Crippen LogP) is 3.07. The van der Waals surface area contributed by atoms with Crippen molar-refractivity contribution in [2.45, 2.75) is 6.42 Å². The molecule has 4 rings (SSSR count). The van der Waals surface area contributed by atoms with Crippen LogP contribution in [0.4, 0.5) is 4.39 Å². The Morgan fingerprint density at radius 1 is 1.04 bits per heavy atom. The van der Waals surface area contributed by atoms with Crippen LogP contribution >= 0.6 is 0 Å². The Morgan fingerprint density at radius 3 is 2.61 bits per heavy atom. The van der Waals surface area contributed by atoms with E-state index in [-0.39, 0.29) is 17.5 Å². The molecule has 0 unspecified atom stereocenters. The average Bonchev–Trinajstić information content (AvgIpc) is 3.13. The van der Waals surface area contributed by atoms with Gasteiger partial charge in [-0.3, -0.25) is 9.69 Å². The summed E-state index contributed by atoms with van der Waals surface area (Å²) >= 11 is 0. The first-order valence-electron chi connectivity index (χ1n) is 9.63. The second-order valence-electron chi connectivity index (χ2n) is 7.04. The van der Waals surface area contributed by atoms with Crippen LogP contribution in [0.2, 0.25) is 0 Å². The minimum absolute atomic E-state index is 0.159. The summed E-state index contributed by atoms with van der Waals surface area (Å²) in [6, 6.07) is 14.5. The number of carbonyl (C=O) groups excluding carboxylic acids is 1. The lowest BCUT2D eigenvalue weighted by molar-refractivity contribution is -0.132. The minimum atomic E-state index is -0.338. The number of hydrogen-bond donors (Lipinski definition) is 1. The highest BCUT2D eigenvalue weighted by Gasteiger charge is 2.22. The second-order valence-corrected chi connectivity index (χ2v) is 7.04. The monoisotopic (exact) mass is 381 g/mol. The maximum absolute atomic E-state index is 13.6. The molecule has 0 radical (unpaired) electrons. The molecule has 28 heavy (non-hydrogen) atoms. The number of carbonyl (C=O) groups is 1. The molecule has 1 aliphatic rings. The molecule has 0 bridgehead atoms. The number of nitrogens with one attached hydrogen (secondary N) is 1. The number of aromatic nitrogens is 1. The normalized spacial score (nSPS) is 15.1. The van der Waals surface area contributed by atoms with Crippen molar-refractivity contribution >= 4 is 16.8 Å². The number of hydrogen-bond acceptors (Lipinski definition) is 3. The van der Waals surface area contributed by atoms with Gasteiger partial charge < -0.3 is 14.6 Å². The van der Waals surface area contributed by atoms with E-state index in [0.29, 0.717) is 26.1 Å². The number of halogens is 1. The van der Waals surface area contributed by atoms with Crippen molar-refractivity contribution < 1.29 is 13.9 Å². The van der Waals surface area contributed by atoms with E-state index < -0.39 is 0 Å². The molecule has 1 aliphatic heterocycles. The number of benzene rings is 2. The van der Waals surface area contributed by atoms with E-state index in [9.17, 15) is 9.18 Å². The quantitative estimate of drug-likeness (QED) is 0.714. The Labute approximate surface area is 163 Å². The van der Waals surface area contributed by atoms with Crippen LogP contribution in [0.5, 0.6) is 5.75 Å². The zero-order chi connectivity index (χ0) is 19.3. The van der Waals surface area contributed by atoms with E-state index >= 15 is 0 Å². The van der Waals surface area contributed by atoms with Crippen LogP contribution in [0, 0.1) is 5.82 Å². The molecule has 5 nitrogen and oxygen atoms in total. The summed E-state index contributed by atoms with van der Waals surface area (Å²) in [6.07, 6.45) is 2.35. The maximum atomic E-state index is 13.6. The number of piperazine rings is 1. The summed E-state index contributed by atoms with van der Waals surface area (Å²) in [4.78, 5) is 20.1. The summed E-state index contributed by atoms with van der Waals surface area (Å²) in [6.45, 7) is 4.19. The molecule has 0 aliphatic carbocycles. The van der Waals surface area contributed by atoms with Gasteiger partial charge in [-0.1, -0.05) is 30.3 Å². The molecule has 146 valence electrons. The summed E-state index contributed by atoms with van der Waals surface area (Å²) in [5.41, 5.74) is 2.10. The minimum Gasteiger partial charge on any atom is -0.489 e. The van der Waals surface area contributed by atoms with Gasteiger partial charge in [0.05, 0.1) is 6.42 Å². The van der Waals surface area contributed by atoms with Gasteiger partial charge >= 0.3 is 0 Å². The number of aromatic amines is 1. The molecule has 2 heterocycles. The molecule has 1 fully saturated rings. The van der Waals surface area contributed by atoms with Crippen molar-refractivity contribution in [2.24, 2.45) is 0 Å². The molecule has 1 saturated heterocycles. The first-order valence-corrected chi connectivity index (χ1v) is 9.63. The molecule has 0 spiro atoms. The first-order chi connectivity index (χ1) is 13.7. The standard InChI is InChI=1S/C22H24FN3O2/c23-19-6-2-4-8-21(19)28-14-13-25-9-11-26(12-10-25)22(27)15-17-16-24-20-7-3-1-5-18(17)20/h1-8,16,24H,9-15H2. The van der Waals surface area contributed by atoms with Gasteiger partial charge in [0, 0.05) is 49.8 Å². The van der Waals surface area contributed by atoms with Crippen LogP contribution in [0.3, 0.4) is 0 Å². The van der Waals surface area contributed by atoms with E-state index in [1.54, 1.807) is 18.2 Å². The SMILES string of the molecule is O=C(Cc1c[nH]c2ccccc12)N1CCN(CCOc2ccccc2F)CC1. The van der Waals surface area contributed by atoms with E-state index in [2.05, 4.69) is 9.88 Å². The smallest absolute Gasteiger partial charge is 0.227 e. The van der Waals surface area contributed by atoms with E-state index in [4.69, 9.17) is 4.74 Å². The van der Waals surface area contributed by atoms with Gasteiger partial charge in [-0.15, -0.1) is 0 Å². The Morgan fingerprint density at radius 2 is 1.79 bits per heavy atom. The van der Waals surface area contributed by atoms with Crippen molar-refractivity contribution in [2.75, 3.05) is 39.3 Å². The maximum Gasteiger partial charge on any atom is 0.227 e. The molecule has 1 amide bonds. The lowest BCUT2D eigenvalue weighted by Crippen LogP contribution is -2.49. The van der Waals surface area contributed by atoms with Crippen LogP contribution in [0.25, 0.3) is 10.9 Å². The molecular weight excluding hydrogens is 357 g/mol. The summed E-state index contributed by atoms with van der Waals surface area (Å²) < 4.78 is 19.1. The summed E-state index contributed by atoms with van der Waals surface area (Å²) in [7, 11) is 0. The Bertz CT molecular complexity index is 948. The van der Waals surface area contributed by atoms with E-state index in [0.717, 1.165) is 36.1 Å². The fourth-order valence-electron chi connectivity index (χ4n) is 3.62. The number of H-pyrrole nitrogens is 1. The van der Waals surface area contributed by atoms with Gasteiger partial charge in [0.25, 0.3) is 0 Å². The molecule has 0 saturated carbocycles.